The van der Waals surface area contributed by atoms with Crippen LogP contribution in [0.3, 0.4) is 0 Å². The van der Waals surface area contributed by atoms with Crippen molar-refractivity contribution >= 4 is 17.5 Å². The van der Waals surface area contributed by atoms with E-state index in [4.69, 9.17) is 23.7 Å². The van der Waals surface area contributed by atoms with Crippen LogP contribution in [-0.2, 0) is 25.6 Å². The highest BCUT2D eigenvalue weighted by molar-refractivity contribution is 5.94. The number of hydrogen-bond donors (Lipinski definition) is 1. The molecule has 40 heavy (non-hydrogen) atoms. The van der Waals surface area contributed by atoms with Gasteiger partial charge in [0, 0.05) is 38.5 Å². The van der Waals surface area contributed by atoms with E-state index in [-0.39, 0.29) is 31.1 Å². The third-order valence-electron chi connectivity index (χ3n) is 6.24. The van der Waals surface area contributed by atoms with Crippen LogP contribution >= 0.6 is 0 Å². The Morgan fingerprint density at radius 3 is 2.70 bits per heavy atom. The fourth-order valence-electron chi connectivity index (χ4n) is 4.08. The van der Waals surface area contributed by atoms with Gasteiger partial charge in [0.15, 0.2) is 0 Å². The topological polar surface area (TPSA) is 126 Å². The summed E-state index contributed by atoms with van der Waals surface area (Å²) >= 11 is 0. The number of hydrogen-bond acceptors (Lipinski definition) is 9. The second kappa shape index (κ2) is 14.3. The third kappa shape index (κ3) is 8.42. The standard InChI is InChI=1S/C28H35N5O7/c1-20-4-6-22(7-5-20)38-13-11-32(10-12-36-2)27(34)18-33-17-21(16-30-33)31-28(35)25-14-24(19-39-25)40-23-8-9-29-26(15-23)37-3/h4-9,15-17,24-25H,10-14,18-19H2,1-3H3,(H,31,35)/t24-,25+/m0/s1. The highest BCUT2D eigenvalue weighted by Crippen LogP contribution is 2.23. The molecule has 3 heterocycles. The Balaban J connectivity index is 1.24. The van der Waals surface area contributed by atoms with Crippen LogP contribution in [0, 0.1) is 6.92 Å². The van der Waals surface area contributed by atoms with Crippen molar-refractivity contribution in [3.8, 4) is 17.4 Å². The summed E-state index contributed by atoms with van der Waals surface area (Å²) in [6, 6.07) is 11.2. The van der Waals surface area contributed by atoms with Crippen molar-refractivity contribution in [2.24, 2.45) is 0 Å². The van der Waals surface area contributed by atoms with Crippen LogP contribution in [0.2, 0.25) is 0 Å². The van der Waals surface area contributed by atoms with Gasteiger partial charge in [-0.3, -0.25) is 14.3 Å². The van der Waals surface area contributed by atoms with Gasteiger partial charge in [-0.05, 0) is 25.1 Å². The van der Waals surface area contributed by atoms with Gasteiger partial charge < -0.3 is 33.9 Å². The molecule has 0 aliphatic carbocycles. The Hall–Kier alpha value is -4.16. The number of aromatic nitrogens is 3. The van der Waals surface area contributed by atoms with E-state index in [0.29, 0.717) is 50.0 Å². The van der Waals surface area contributed by atoms with Gasteiger partial charge in [0.2, 0.25) is 11.8 Å². The van der Waals surface area contributed by atoms with Gasteiger partial charge in [-0.2, -0.15) is 5.10 Å². The van der Waals surface area contributed by atoms with Crippen molar-refractivity contribution in [2.75, 3.05) is 52.4 Å². The average Bonchev–Trinajstić information content (AvgIpc) is 3.61. The number of nitrogens with zero attached hydrogens (tertiary/aromatic N) is 4. The molecule has 1 N–H and O–H groups in total. The highest BCUT2D eigenvalue weighted by atomic mass is 16.6. The van der Waals surface area contributed by atoms with Crippen LogP contribution in [-0.4, -0.2) is 90.8 Å². The lowest BCUT2D eigenvalue weighted by atomic mass is 10.2. The number of amides is 2. The molecule has 1 aromatic carbocycles. The second-order valence-electron chi connectivity index (χ2n) is 9.28. The molecular weight excluding hydrogens is 518 g/mol. The van der Waals surface area contributed by atoms with Crippen molar-refractivity contribution in [3.05, 3.63) is 60.6 Å². The van der Waals surface area contributed by atoms with Gasteiger partial charge in [-0.15, -0.1) is 0 Å². The second-order valence-corrected chi connectivity index (χ2v) is 9.28. The molecule has 1 fully saturated rings. The van der Waals surface area contributed by atoms with Gasteiger partial charge in [0.25, 0.3) is 5.91 Å². The van der Waals surface area contributed by atoms with Crippen LogP contribution in [0.1, 0.15) is 12.0 Å². The Kier molecular flexibility index (Phi) is 10.3. The van der Waals surface area contributed by atoms with Gasteiger partial charge in [-0.25, -0.2) is 4.98 Å². The van der Waals surface area contributed by atoms with E-state index in [1.807, 2.05) is 31.2 Å². The lowest BCUT2D eigenvalue weighted by Crippen LogP contribution is -2.39. The number of rotatable bonds is 14. The molecule has 12 nitrogen and oxygen atoms in total. The number of methoxy groups -OCH3 is 2. The largest absolute Gasteiger partial charge is 0.492 e. The molecular formula is C28H35N5O7. The minimum atomic E-state index is -0.670. The zero-order valence-corrected chi connectivity index (χ0v) is 22.9. The number of aryl methyl sites for hydroxylation is 1. The minimum Gasteiger partial charge on any atom is -0.492 e. The Bertz CT molecular complexity index is 1250. The first-order valence-corrected chi connectivity index (χ1v) is 13.0. The molecule has 2 aromatic heterocycles. The monoisotopic (exact) mass is 553 g/mol. The lowest BCUT2D eigenvalue weighted by Gasteiger charge is -2.22. The molecule has 3 aromatic rings. The Labute approximate surface area is 233 Å². The first-order valence-electron chi connectivity index (χ1n) is 13.0. The smallest absolute Gasteiger partial charge is 0.253 e. The molecule has 0 radical (unpaired) electrons. The summed E-state index contributed by atoms with van der Waals surface area (Å²) in [6.07, 6.45) is 4.14. The molecule has 0 bridgehead atoms. The van der Waals surface area contributed by atoms with Crippen LogP contribution in [0.25, 0.3) is 0 Å². The maximum atomic E-state index is 13.0. The van der Waals surface area contributed by atoms with Crippen molar-refractivity contribution in [2.45, 2.75) is 32.1 Å². The number of nitrogens with one attached hydrogen (secondary N) is 1. The summed E-state index contributed by atoms with van der Waals surface area (Å²) in [5.74, 6) is 1.34. The number of ether oxygens (including phenoxy) is 5. The number of carbonyl (C=O) groups is 2. The Morgan fingerprint density at radius 2 is 1.93 bits per heavy atom. The summed E-state index contributed by atoms with van der Waals surface area (Å²) in [4.78, 5) is 31.5. The molecule has 0 spiro atoms. The van der Waals surface area contributed by atoms with Gasteiger partial charge in [0.1, 0.15) is 36.9 Å². The molecule has 1 aliphatic rings. The van der Waals surface area contributed by atoms with Gasteiger partial charge >= 0.3 is 0 Å². The van der Waals surface area contributed by atoms with E-state index in [9.17, 15) is 9.59 Å². The summed E-state index contributed by atoms with van der Waals surface area (Å²) in [7, 11) is 3.12. The van der Waals surface area contributed by atoms with E-state index in [2.05, 4.69) is 15.4 Å². The number of pyridine rings is 1. The number of benzene rings is 1. The van der Waals surface area contributed by atoms with Gasteiger partial charge in [0.05, 0.1) is 38.8 Å². The predicted molar refractivity (Wildman–Crippen MR) is 146 cm³/mol. The molecule has 1 saturated heterocycles. The molecule has 2 amide bonds. The third-order valence-corrected chi connectivity index (χ3v) is 6.24. The molecule has 214 valence electrons. The molecule has 1 aliphatic heterocycles. The Morgan fingerprint density at radius 1 is 1.12 bits per heavy atom. The number of anilines is 1. The van der Waals surface area contributed by atoms with E-state index < -0.39 is 6.10 Å². The van der Waals surface area contributed by atoms with Crippen LogP contribution < -0.4 is 19.5 Å². The summed E-state index contributed by atoms with van der Waals surface area (Å²) in [5, 5.41) is 7.03. The molecule has 2 atom stereocenters. The van der Waals surface area contributed by atoms with E-state index in [1.54, 1.807) is 36.5 Å². The first kappa shape index (κ1) is 28.8. The molecule has 12 heteroatoms. The summed E-state index contributed by atoms with van der Waals surface area (Å²) < 4.78 is 29.1. The lowest BCUT2D eigenvalue weighted by molar-refractivity contribution is -0.133. The minimum absolute atomic E-state index is 0.00928. The molecule has 4 rings (SSSR count). The van der Waals surface area contributed by atoms with Crippen molar-refractivity contribution in [1.82, 2.24) is 19.7 Å². The van der Waals surface area contributed by atoms with Crippen molar-refractivity contribution in [3.63, 3.8) is 0 Å². The normalized spacial score (nSPS) is 16.4. The average molecular weight is 554 g/mol. The molecule has 0 saturated carbocycles. The summed E-state index contributed by atoms with van der Waals surface area (Å²) in [6.45, 7) is 3.87. The van der Waals surface area contributed by atoms with Crippen LogP contribution in [0.15, 0.2) is 55.0 Å². The summed E-state index contributed by atoms with van der Waals surface area (Å²) in [5.41, 5.74) is 1.62. The van der Waals surface area contributed by atoms with Crippen LogP contribution in [0.5, 0.6) is 17.4 Å². The first-order chi connectivity index (χ1) is 19.4. The van der Waals surface area contributed by atoms with E-state index >= 15 is 0 Å². The maximum Gasteiger partial charge on any atom is 0.253 e. The fourth-order valence-corrected chi connectivity index (χ4v) is 4.08. The van der Waals surface area contributed by atoms with E-state index in [0.717, 1.165) is 11.3 Å². The zero-order valence-electron chi connectivity index (χ0n) is 22.9. The quantitative estimate of drug-likeness (QED) is 0.320. The fraction of sp³-hybridized carbons (Fsp3) is 0.429. The van der Waals surface area contributed by atoms with Crippen LogP contribution in [0.4, 0.5) is 5.69 Å². The zero-order chi connectivity index (χ0) is 28.3. The molecule has 0 unspecified atom stereocenters. The highest BCUT2D eigenvalue weighted by Gasteiger charge is 2.32. The van der Waals surface area contributed by atoms with Crippen molar-refractivity contribution in [1.29, 1.82) is 0 Å². The van der Waals surface area contributed by atoms with Crippen molar-refractivity contribution < 1.29 is 33.3 Å². The SMILES string of the molecule is COCCN(CCOc1ccc(C)cc1)C(=O)Cn1cc(NC(=O)[C@H]2C[C@H](Oc3ccnc(OC)c3)CO2)cn1. The maximum absolute atomic E-state index is 13.0. The van der Waals surface area contributed by atoms with E-state index in [1.165, 1.54) is 18.0 Å². The predicted octanol–water partition coefficient (Wildman–Crippen LogP) is 2.32. The number of carbonyl (C=O) groups excluding carboxylic acids is 2. The van der Waals surface area contributed by atoms with Gasteiger partial charge in [-0.1, -0.05) is 17.7 Å².